The zero-order valence-electron chi connectivity index (χ0n) is 22.6. The molecular formula is C29H37ClN5O2P. The Morgan fingerprint density at radius 1 is 1.05 bits per heavy atom. The molecule has 2 N–H and O–H groups in total. The van der Waals surface area contributed by atoms with Gasteiger partial charge in [0.25, 0.3) is 0 Å². The van der Waals surface area contributed by atoms with Gasteiger partial charge in [-0.3, -0.25) is 4.90 Å². The van der Waals surface area contributed by atoms with Crippen molar-refractivity contribution in [3.8, 4) is 0 Å². The van der Waals surface area contributed by atoms with Crippen LogP contribution in [0.3, 0.4) is 0 Å². The fourth-order valence-corrected chi connectivity index (χ4v) is 6.94. The predicted octanol–water partition coefficient (Wildman–Crippen LogP) is 6.14. The number of nitrogens with zero attached hydrogens (tertiary/aromatic N) is 3. The van der Waals surface area contributed by atoms with E-state index < -0.39 is 7.14 Å². The lowest BCUT2D eigenvalue weighted by atomic mass is 10.0. The number of hydrogen-bond donors (Lipinski definition) is 2. The summed E-state index contributed by atoms with van der Waals surface area (Å²) >= 11 is 6.45. The number of methoxy groups -OCH3 is 1. The van der Waals surface area contributed by atoms with Crippen molar-refractivity contribution in [3.63, 3.8) is 0 Å². The Bertz CT molecular complexity index is 1360. The molecule has 2 atom stereocenters. The van der Waals surface area contributed by atoms with Crippen molar-refractivity contribution < 1.29 is 9.30 Å². The highest BCUT2D eigenvalue weighted by Gasteiger charge is 2.29. The van der Waals surface area contributed by atoms with E-state index in [-0.39, 0.29) is 0 Å². The number of rotatable bonds is 7. The second-order valence-corrected chi connectivity index (χ2v) is 14.5. The van der Waals surface area contributed by atoms with Crippen LogP contribution in [0, 0.1) is 6.92 Å². The zero-order chi connectivity index (χ0) is 26.9. The van der Waals surface area contributed by atoms with Gasteiger partial charge >= 0.3 is 0 Å². The van der Waals surface area contributed by atoms with Gasteiger partial charge in [0.15, 0.2) is 5.82 Å². The number of aryl methyl sites for hydroxylation is 3. The Morgan fingerprint density at radius 3 is 2.58 bits per heavy atom. The summed E-state index contributed by atoms with van der Waals surface area (Å²) in [6.45, 7) is 7.71. The first-order chi connectivity index (χ1) is 18.2. The normalized spacial score (nSPS) is 20.1. The van der Waals surface area contributed by atoms with Gasteiger partial charge in [0.05, 0.1) is 18.0 Å². The van der Waals surface area contributed by atoms with Crippen molar-refractivity contribution in [1.82, 2.24) is 14.9 Å². The summed E-state index contributed by atoms with van der Waals surface area (Å²) in [5.41, 5.74) is 5.57. The van der Waals surface area contributed by atoms with Gasteiger partial charge in [-0.1, -0.05) is 29.3 Å². The molecule has 2 aliphatic rings. The summed E-state index contributed by atoms with van der Waals surface area (Å²) in [6.07, 6.45) is 7.60. The maximum atomic E-state index is 12.9. The third-order valence-corrected chi connectivity index (χ3v) is 9.52. The second kappa shape index (κ2) is 11.4. The smallest absolute Gasteiger partial charge is 0.229 e. The third kappa shape index (κ3) is 6.23. The molecule has 1 aromatic heterocycles. The highest BCUT2D eigenvalue weighted by molar-refractivity contribution is 7.70. The summed E-state index contributed by atoms with van der Waals surface area (Å²) in [5, 5.41) is 7.82. The summed E-state index contributed by atoms with van der Waals surface area (Å²) in [6, 6.07) is 13.0. The van der Waals surface area contributed by atoms with Gasteiger partial charge in [0.2, 0.25) is 5.95 Å². The fraction of sp³-hybridized carbons (Fsp3) is 0.448. The molecule has 1 aliphatic carbocycles. The van der Waals surface area contributed by atoms with Gasteiger partial charge in [-0.2, -0.15) is 4.98 Å². The van der Waals surface area contributed by atoms with Gasteiger partial charge in [0, 0.05) is 37.2 Å². The molecule has 2 heterocycles. The van der Waals surface area contributed by atoms with Crippen molar-refractivity contribution in [2.75, 3.05) is 44.2 Å². The number of hydrogen-bond acceptors (Lipinski definition) is 7. The van der Waals surface area contributed by atoms with Gasteiger partial charge in [-0.05, 0) is 87.7 Å². The van der Waals surface area contributed by atoms with E-state index in [2.05, 4.69) is 43.7 Å². The van der Waals surface area contributed by atoms with E-state index in [4.69, 9.17) is 16.3 Å². The second-order valence-electron chi connectivity index (χ2n) is 10.9. The van der Waals surface area contributed by atoms with Crippen LogP contribution in [0.25, 0.3) is 0 Å². The average molecular weight is 554 g/mol. The van der Waals surface area contributed by atoms with Crippen LogP contribution >= 0.6 is 18.7 Å². The SMILES string of the molecule is CO[C@H]1CCN([C@@H]2CCc3ccc(Nc4ncc(Cl)c(Nc5ccc(C)cc5P(C)(C)=O)n4)cc3CC2)C1. The van der Waals surface area contributed by atoms with E-state index in [9.17, 15) is 4.57 Å². The number of anilines is 4. The molecule has 1 fully saturated rings. The summed E-state index contributed by atoms with van der Waals surface area (Å²) in [5.74, 6) is 0.927. The minimum atomic E-state index is -2.51. The largest absolute Gasteiger partial charge is 0.380 e. The highest BCUT2D eigenvalue weighted by atomic mass is 35.5. The minimum absolute atomic E-state index is 0.376. The van der Waals surface area contributed by atoms with Crippen LogP contribution in [0.5, 0.6) is 0 Å². The molecule has 0 spiro atoms. The van der Waals surface area contributed by atoms with Crippen molar-refractivity contribution >= 4 is 47.2 Å². The molecule has 3 aromatic rings. The molecule has 0 radical (unpaired) electrons. The summed E-state index contributed by atoms with van der Waals surface area (Å²) in [4.78, 5) is 11.7. The fourth-order valence-electron chi connectivity index (χ4n) is 5.58. The Kier molecular flexibility index (Phi) is 8.11. The zero-order valence-corrected chi connectivity index (χ0v) is 24.3. The van der Waals surface area contributed by atoms with Crippen LogP contribution in [0.4, 0.5) is 23.1 Å². The lowest BCUT2D eigenvalue weighted by Crippen LogP contribution is -2.34. The Morgan fingerprint density at radius 2 is 1.84 bits per heavy atom. The van der Waals surface area contributed by atoms with Gasteiger partial charge in [0.1, 0.15) is 12.2 Å². The number of benzene rings is 2. The van der Waals surface area contributed by atoms with Gasteiger partial charge < -0.3 is 19.9 Å². The number of aromatic nitrogens is 2. The molecule has 1 aliphatic heterocycles. The number of fused-ring (bicyclic) bond motifs is 1. The van der Waals surface area contributed by atoms with Crippen LogP contribution in [0.2, 0.25) is 5.02 Å². The van der Waals surface area contributed by atoms with Crippen molar-refractivity contribution in [2.45, 2.75) is 51.2 Å². The lowest BCUT2D eigenvalue weighted by molar-refractivity contribution is 0.0989. The molecule has 0 amide bonds. The van der Waals surface area contributed by atoms with Crippen LogP contribution in [-0.4, -0.2) is 60.5 Å². The lowest BCUT2D eigenvalue weighted by Gasteiger charge is -2.26. The van der Waals surface area contributed by atoms with Crippen molar-refractivity contribution in [2.24, 2.45) is 0 Å². The first-order valence-corrected chi connectivity index (χ1v) is 16.3. The quantitative estimate of drug-likeness (QED) is 0.269. The summed E-state index contributed by atoms with van der Waals surface area (Å²) < 4.78 is 18.5. The predicted molar refractivity (Wildman–Crippen MR) is 158 cm³/mol. The van der Waals surface area contributed by atoms with Gasteiger partial charge in [-0.15, -0.1) is 0 Å². The van der Waals surface area contributed by atoms with E-state index in [1.54, 1.807) is 19.5 Å². The molecule has 202 valence electrons. The number of nitrogens with one attached hydrogen (secondary N) is 2. The van der Waals surface area contributed by atoms with Gasteiger partial charge in [-0.25, -0.2) is 4.98 Å². The Labute approximate surface area is 230 Å². The van der Waals surface area contributed by atoms with Crippen LogP contribution in [0.1, 0.15) is 36.0 Å². The van der Waals surface area contributed by atoms with Crippen LogP contribution < -0.4 is 15.9 Å². The molecule has 38 heavy (non-hydrogen) atoms. The first kappa shape index (κ1) is 27.1. The Hall–Kier alpha value is -2.44. The number of likely N-dealkylation sites (tertiary alicyclic amines) is 1. The van der Waals surface area contributed by atoms with Crippen molar-refractivity contribution in [3.05, 3.63) is 64.3 Å². The molecular weight excluding hydrogens is 517 g/mol. The molecule has 2 aromatic carbocycles. The third-order valence-electron chi connectivity index (χ3n) is 7.71. The van der Waals surface area contributed by atoms with Crippen LogP contribution in [-0.2, 0) is 22.1 Å². The van der Waals surface area contributed by atoms with E-state index in [1.165, 1.54) is 17.5 Å². The molecule has 9 heteroatoms. The molecule has 5 rings (SSSR count). The maximum Gasteiger partial charge on any atom is 0.229 e. The van der Waals surface area contributed by atoms with Crippen molar-refractivity contribution in [1.29, 1.82) is 0 Å². The highest BCUT2D eigenvalue weighted by Crippen LogP contribution is 2.39. The van der Waals surface area contributed by atoms with E-state index in [0.29, 0.717) is 28.9 Å². The first-order valence-electron chi connectivity index (χ1n) is 13.3. The molecule has 0 unspecified atom stereocenters. The Balaban J connectivity index is 1.30. The summed E-state index contributed by atoms with van der Waals surface area (Å²) in [7, 11) is -0.684. The van der Waals surface area contributed by atoms with Crippen LogP contribution in [0.15, 0.2) is 42.6 Å². The molecule has 7 nitrogen and oxygen atoms in total. The average Bonchev–Trinajstić information content (AvgIpc) is 3.27. The molecule has 0 saturated carbocycles. The van der Waals surface area contributed by atoms with E-state index in [1.807, 2.05) is 32.2 Å². The molecule has 1 saturated heterocycles. The van der Waals surface area contributed by atoms with E-state index >= 15 is 0 Å². The number of halogens is 1. The maximum absolute atomic E-state index is 12.9. The topological polar surface area (TPSA) is 79.4 Å². The monoisotopic (exact) mass is 553 g/mol. The minimum Gasteiger partial charge on any atom is -0.380 e. The standard InChI is InChI=1S/C29H37ClN5O2P/c1-19-5-12-26(27(15-19)38(3,4)36)33-28-25(30)17-31-29(34-28)32-22-9-6-20-7-10-23(11-8-21(20)16-22)35-14-13-24(18-35)37-2/h5-6,9,12,15-17,23-24H,7-8,10-11,13-14,18H2,1-4H3,(H2,31,32,33,34)/t23-,24+/m1/s1. The number of ether oxygens (including phenoxy) is 1. The van der Waals surface area contributed by atoms with E-state index in [0.717, 1.165) is 61.0 Å². The molecule has 0 bridgehead atoms.